The summed E-state index contributed by atoms with van der Waals surface area (Å²) in [6.07, 6.45) is -1.50. The van der Waals surface area contributed by atoms with Gasteiger partial charge in [0, 0.05) is 12.3 Å². The van der Waals surface area contributed by atoms with E-state index in [1.54, 1.807) is 0 Å². The van der Waals surface area contributed by atoms with Gasteiger partial charge in [-0.05, 0) is 41.9 Å². The van der Waals surface area contributed by atoms with Crippen LogP contribution in [0.5, 0.6) is 0 Å². The van der Waals surface area contributed by atoms with E-state index in [0.29, 0.717) is 12.8 Å². The van der Waals surface area contributed by atoms with Crippen LogP contribution in [0, 0.1) is 34.0 Å². The Labute approximate surface area is 164 Å². The number of rotatable bonds is 0. The van der Waals surface area contributed by atoms with Crippen LogP contribution in [0.2, 0.25) is 0 Å². The molecule has 28 heavy (non-hydrogen) atoms. The van der Waals surface area contributed by atoms with Gasteiger partial charge in [0.2, 0.25) is 5.79 Å². The third-order valence-corrected chi connectivity index (χ3v) is 9.45. The van der Waals surface area contributed by atoms with Gasteiger partial charge in [-0.25, -0.2) is 0 Å². The summed E-state index contributed by atoms with van der Waals surface area (Å²) in [7, 11) is 0. The molecule has 5 N–H and O–H groups in total. The second kappa shape index (κ2) is 5.25. The molecular weight excluding hydrogens is 362 g/mol. The number of Topliss-reactive ketones (excluding diaryl/α,β-unsaturated/α-hetero) is 1. The van der Waals surface area contributed by atoms with Gasteiger partial charge in [0.25, 0.3) is 0 Å². The maximum absolute atomic E-state index is 13.5. The zero-order valence-electron chi connectivity index (χ0n) is 16.7. The van der Waals surface area contributed by atoms with Crippen molar-refractivity contribution in [3.8, 4) is 0 Å². The monoisotopic (exact) mass is 393 g/mol. The van der Waals surface area contributed by atoms with Crippen molar-refractivity contribution in [3.63, 3.8) is 0 Å². The summed E-state index contributed by atoms with van der Waals surface area (Å²) in [6.45, 7) is 9.67. The van der Waals surface area contributed by atoms with Crippen molar-refractivity contribution in [3.05, 3.63) is 12.2 Å². The van der Waals surface area contributed by atoms with E-state index < -0.39 is 52.3 Å². The van der Waals surface area contributed by atoms with Gasteiger partial charge in [-0.2, -0.15) is 5.48 Å². The number of aliphatic hydroxyl groups excluding tert-OH is 3. The zero-order chi connectivity index (χ0) is 20.4. The Hall–Kier alpha value is -0.830. The van der Waals surface area contributed by atoms with E-state index in [4.69, 9.17) is 4.84 Å². The molecule has 6 fully saturated rings. The fourth-order valence-corrected chi connectivity index (χ4v) is 8.19. The highest BCUT2D eigenvalue weighted by molar-refractivity contribution is 5.90. The van der Waals surface area contributed by atoms with Crippen LogP contribution in [0.1, 0.15) is 46.5 Å². The second-order valence-corrected chi connectivity index (χ2v) is 10.7. The zero-order valence-corrected chi connectivity index (χ0v) is 16.7. The summed E-state index contributed by atoms with van der Waals surface area (Å²) in [5.41, 5.74) is 0.809. The van der Waals surface area contributed by atoms with Crippen molar-refractivity contribution in [1.82, 2.24) is 5.48 Å². The standard InChI is InChI=1S/C21H31NO6/c1-9-7-12(23)20-8-10(9)5-6-11(20)19(4)14-17(26)21(20,27)28-22-15(19)13(24)16(25)18(14,2)3/h10-11,13-17,22,24-27H,1,5-8H2,2-4H3/t10-,11+,13+,14-,15+,16+,17+,19+,20+,21-/m1/s1. The molecule has 1 spiro atoms. The number of carbonyl (C=O) groups excluding carboxylic acids is 1. The quantitative estimate of drug-likeness (QED) is 0.375. The smallest absolute Gasteiger partial charge is 0.224 e. The van der Waals surface area contributed by atoms with Gasteiger partial charge in [0.15, 0.2) is 0 Å². The van der Waals surface area contributed by atoms with Crippen molar-refractivity contribution in [2.45, 2.75) is 76.6 Å². The molecule has 0 aromatic carbocycles. The molecule has 6 aliphatic rings. The fourth-order valence-electron chi connectivity index (χ4n) is 8.19. The molecule has 7 nitrogen and oxygen atoms in total. The highest BCUT2D eigenvalue weighted by Crippen LogP contribution is 2.73. The first-order chi connectivity index (χ1) is 12.9. The molecule has 0 aromatic heterocycles. The summed E-state index contributed by atoms with van der Waals surface area (Å²) >= 11 is 0. The van der Waals surface area contributed by atoms with Gasteiger partial charge in [0.1, 0.15) is 11.9 Å². The minimum atomic E-state index is -2.12. The van der Waals surface area contributed by atoms with Crippen LogP contribution >= 0.6 is 0 Å². The molecule has 4 saturated carbocycles. The van der Waals surface area contributed by atoms with E-state index >= 15 is 0 Å². The number of allylic oxidation sites excluding steroid dienone is 1. The Morgan fingerprint density at radius 1 is 1.14 bits per heavy atom. The molecule has 6 bridgehead atoms. The maximum atomic E-state index is 13.5. The van der Waals surface area contributed by atoms with Crippen LogP contribution in [0.15, 0.2) is 12.2 Å². The Bertz CT molecular complexity index is 768. The molecule has 0 radical (unpaired) electrons. The molecule has 10 atom stereocenters. The highest BCUT2D eigenvalue weighted by atomic mass is 16.8. The summed E-state index contributed by atoms with van der Waals surface area (Å²) in [4.78, 5) is 19.3. The van der Waals surface area contributed by atoms with Gasteiger partial charge >= 0.3 is 0 Å². The molecule has 2 saturated heterocycles. The largest absolute Gasteiger partial charge is 0.390 e. The van der Waals surface area contributed by atoms with E-state index in [1.165, 1.54) is 0 Å². The Morgan fingerprint density at radius 2 is 1.82 bits per heavy atom. The van der Waals surface area contributed by atoms with Crippen LogP contribution in [-0.2, 0) is 9.63 Å². The molecule has 7 heteroatoms. The van der Waals surface area contributed by atoms with E-state index in [1.807, 2.05) is 20.8 Å². The van der Waals surface area contributed by atoms with Gasteiger partial charge < -0.3 is 20.4 Å². The van der Waals surface area contributed by atoms with E-state index in [9.17, 15) is 25.2 Å². The third-order valence-electron chi connectivity index (χ3n) is 9.45. The van der Waals surface area contributed by atoms with Crippen molar-refractivity contribution in [2.24, 2.45) is 34.0 Å². The third kappa shape index (κ3) is 1.73. The van der Waals surface area contributed by atoms with Crippen LogP contribution in [0.4, 0.5) is 0 Å². The minimum absolute atomic E-state index is 0.111. The lowest BCUT2D eigenvalue weighted by atomic mass is 9.34. The molecule has 0 unspecified atom stereocenters. The van der Waals surface area contributed by atoms with E-state index in [0.717, 1.165) is 12.0 Å². The first kappa shape index (κ1) is 19.2. The topological polar surface area (TPSA) is 119 Å². The van der Waals surface area contributed by atoms with Gasteiger partial charge in [-0.15, -0.1) is 0 Å². The molecular formula is C21H31NO6. The van der Waals surface area contributed by atoms with Crippen molar-refractivity contribution < 1.29 is 30.1 Å². The molecule has 4 aliphatic carbocycles. The second-order valence-electron chi connectivity index (χ2n) is 10.7. The number of hydroxylamine groups is 1. The molecule has 2 aliphatic heterocycles. The SMILES string of the molecule is C=C1CC(=O)[C@]23C[C@H]1CC[C@H]2[C@@]1(C)[C@@H]2[C@H](O)[C@@]3(O)ON[C@H]1[C@H](O)[C@H](O)C2(C)C. The van der Waals surface area contributed by atoms with Crippen LogP contribution in [0.25, 0.3) is 0 Å². The average Bonchev–Trinajstić information content (AvgIpc) is 2.76. The molecule has 0 amide bonds. The van der Waals surface area contributed by atoms with Crippen molar-refractivity contribution in [2.75, 3.05) is 0 Å². The summed E-state index contributed by atoms with van der Waals surface area (Å²) in [5, 5.41) is 45.1. The van der Waals surface area contributed by atoms with Crippen LogP contribution in [-0.4, -0.2) is 56.4 Å². The maximum Gasteiger partial charge on any atom is 0.224 e. The number of aliphatic hydroxyl groups is 4. The number of fused-ring (bicyclic) bond motifs is 2. The van der Waals surface area contributed by atoms with Crippen LogP contribution in [0.3, 0.4) is 0 Å². The van der Waals surface area contributed by atoms with E-state index in [2.05, 4.69) is 12.1 Å². The Kier molecular flexibility index (Phi) is 3.59. The van der Waals surface area contributed by atoms with Crippen molar-refractivity contribution in [1.29, 1.82) is 0 Å². The first-order valence-corrected chi connectivity index (χ1v) is 10.3. The lowest BCUT2D eigenvalue weighted by molar-refractivity contribution is -0.377. The average molecular weight is 393 g/mol. The highest BCUT2D eigenvalue weighted by Gasteiger charge is 2.82. The Balaban J connectivity index is 1.79. The normalized spacial score (nSPS) is 59.6. The van der Waals surface area contributed by atoms with Gasteiger partial charge in [-0.1, -0.05) is 32.9 Å². The number of ketones is 1. The summed E-state index contributed by atoms with van der Waals surface area (Å²) in [6, 6.07) is -0.706. The fraction of sp³-hybridized carbons (Fsp3) is 0.857. The first-order valence-electron chi connectivity index (χ1n) is 10.3. The predicted molar refractivity (Wildman–Crippen MR) is 98.4 cm³/mol. The lowest BCUT2D eigenvalue weighted by Gasteiger charge is -2.70. The van der Waals surface area contributed by atoms with Crippen molar-refractivity contribution >= 4 is 5.78 Å². The predicted octanol–water partition coefficient (Wildman–Crippen LogP) is 0.269. The Morgan fingerprint density at radius 3 is 2.50 bits per heavy atom. The molecule has 156 valence electrons. The summed E-state index contributed by atoms with van der Waals surface area (Å²) < 4.78 is 0. The van der Waals surface area contributed by atoms with Gasteiger partial charge in [-0.3, -0.25) is 9.63 Å². The summed E-state index contributed by atoms with van der Waals surface area (Å²) in [5.74, 6) is -2.99. The molecule has 2 heterocycles. The van der Waals surface area contributed by atoms with Gasteiger partial charge in [0.05, 0.1) is 23.7 Å². The number of carbonyl (C=O) groups is 1. The lowest BCUT2D eigenvalue weighted by Crippen LogP contribution is -2.80. The number of nitrogens with one attached hydrogen (secondary N) is 1. The van der Waals surface area contributed by atoms with Crippen LogP contribution < -0.4 is 5.48 Å². The number of hydrogen-bond acceptors (Lipinski definition) is 7. The minimum Gasteiger partial charge on any atom is -0.390 e. The van der Waals surface area contributed by atoms with E-state index in [-0.39, 0.29) is 24.0 Å². The molecule has 6 rings (SSSR count). The molecule has 0 aromatic rings. The number of hydrogen-bond donors (Lipinski definition) is 5.